The first-order chi connectivity index (χ1) is 13.7. The zero-order valence-corrected chi connectivity index (χ0v) is 19.0. The third-order valence-electron chi connectivity index (χ3n) is 6.43. The van der Waals surface area contributed by atoms with Crippen molar-refractivity contribution in [2.24, 2.45) is 5.92 Å². The van der Waals surface area contributed by atoms with Crippen molar-refractivity contribution in [1.29, 1.82) is 0 Å². The van der Waals surface area contributed by atoms with Crippen molar-refractivity contribution in [3.8, 4) is 0 Å². The first kappa shape index (κ1) is 22.2. The van der Waals surface area contributed by atoms with Crippen LogP contribution >= 0.6 is 0 Å². The average molecular weight is 422 g/mol. The molecule has 1 atom stereocenters. The third kappa shape index (κ3) is 5.01. The van der Waals surface area contributed by atoms with E-state index in [2.05, 4.69) is 32.8 Å². The number of sulfonamides is 1. The predicted molar refractivity (Wildman–Crippen MR) is 115 cm³/mol. The van der Waals surface area contributed by atoms with Gasteiger partial charge in [-0.1, -0.05) is 26.0 Å². The lowest BCUT2D eigenvalue weighted by Gasteiger charge is -2.39. The number of rotatable bonds is 5. The van der Waals surface area contributed by atoms with E-state index in [1.165, 1.54) is 0 Å². The minimum Gasteiger partial charge on any atom is -0.341 e. The van der Waals surface area contributed by atoms with Gasteiger partial charge in [0.25, 0.3) is 0 Å². The van der Waals surface area contributed by atoms with E-state index >= 15 is 0 Å². The normalized spacial score (nSPS) is 22.4. The molecule has 162 valence electrons. The van der Waals surface area contributed by atoms with Gasteiger partial charge in [0.15, 0.2) is 0 Å². The highest BCUT2D eigenvalue weighted by molar-refractivity contribution is 7.89. The molecule has 1 aromatic rings. The maximum atomic E-state index is 13.0. The molecule has 0 aliphatic carbocycles. The molecular formula is C22H35N3O3S. The molecule has 6 nitrogen and oxygen atoms in total. The Morgan fingerprint density at radius 3 is 2.21 bits per heavy atom. The molecule has 2 aliphatic heterocycles. The summed E-state index contributed by atoms with van der Waals surface area (Å²) in [5, 5.41) is 0. The molecule has 0 radical (unpaired) electrons. The third-order valence-corrected chi connectivity index (χ3v) is 8.34. The number of likely N-dealkylation sites (tertiary alicyclic amines) is 1. The molecule has 0 spiro atoms. The largest absolute Gasteiger partial charge is 0.341 e. The molecule has 3 rings (SSSR count). The van der Waals surface area contributed by atoms with Gasteiger partial charge in [-0.05, 0) is 63.4 Å². The molecular weight excluding hydrogens is 386 g/mol. The summed E-state index contributed by atoms with van der Waals surface area (Å²) in [6.07, 6.45) is 3.37. The molecule has 0 aromatic heterocycles. The Hall–Kier alpha value is -1.44. The second kappa shape index (κ2) is 9.14. The number of benzene rings is 1. The Balaban J connectivity index is 1.60. The van der Waals surface area contributed by atoms with Gasteiger partial charge in [-0.25, -0.2) is 8.42 Å². The molecule has 29 heavy (non-hydrogen) atoms. The van der Waals surface area contributed by atoms with Crippen molar-refractivity contribution in [3.63, 3.8) is 0 Å². The van der Waals surface area contributed by atoms with Crippen molar-refractivity contribution in [2.75, 3.05) is 40.3 Å². The second-order valence-corrected chi connectivity index (χ2v) is 10.9. The van der Waals surface area contributed by atoms with Gasteiger partial charge in [0.05, 0.1) is 4.90 Å². The summed E-state index contributed by atoms with van der Waals surface area (Å²) >= 11 is 0. The van der Waals surface area contributed by atoms with Gasteiger partial charge in [-0.3, -0.25) is 4.79 Å². The Morgan fingerprint density at radius 1 is 1.03 bits per heavy atom. The van der Waals surface area contributed by atoms with E-state index in [0.29, 0.717) is 42.8 Å². The van der Waals surface area contributed by atoms with E-state index in [9.17, 15) is 13.2 Å². The summed E-state index contributed by atoms with van der Waals surface area (Å²) in [7, 11) is 0.634. The molecule has 2 aliphatic rings. The van der Waals surface area contributed by atoms with Crippen LogP contribution in [0.5, 0.6) is 0 Å². The molecule has 2 fully saturated rings. The lowest BCUT2D eigenvalue weighted by Crippen LogP contribution is -2.51. The topological polar surface area (TPSA) is 60.9 Å². The van der Waals surface area contributed by atoms with Crippen molar-refractivity contribution < 1.29 is 13.2 Å². The number of likely N-dealkylation sites (N-methyl/N-ethyl adjacent to an activating group) is 1. The SMILES string of the molecule is CC(C)c1ccc(S(=O)(=O)N2CCC(C(=O)N3CCCC(N(C)C)C3)CC2)cc1. The van der Waals surface area contributed by atoms with Gasteiger partial charge in [-0.2, -0.15) is 4.31 Å². The lowest BCUT2D eigenvalue weighted by atomic mass is 9.94. The molecule has 1 amide bonds. The Morgan fingerprint density at radius 2 is 1.66 bits per heavy atom. The van der Waals surface area contributed by atoms with Crippen LogP contribution in [-0.2, 0) is 14.8 Å². The summed E-state index contributed by atoms with van der Waals surface area (Å²) in [5.74, 6) is 0.510. The number of piperidine rings is 2. The van der Waals surface area contributed by atoms with Crippen LogP contribution in [0.2, 0.25) is 0 Å². The van der Waals surface area contributed by atoms with Crippen molar-refractivity contribution in [3.05, 3.63) is 29.8 Å². The van der Waals surface area contributed by atoms with E-state index in [1.54, 1.807) is 16.4 Å². The van der Waals surface area contributed by atoms with Crippen LogP contribution in [0.3, 0.4) is 0 Å². The molecule has 0 saturated carbocycles. The average Bonchev–Trinajstić information content (AvgIpc) is 2.73. The van der Waals surface area contributed by atoms with Gasteiger partial charge >= 0.3 is 0 Å². The van der Waals surface area contributed by atoms with Crippen LogP contribution in [0.25, 0.3) is 0 Å². The van der Waals surface area contributed by atoms with Crippen molar-refractivity contribution >= 4 is 15.9 Å². The van der Waals surface area contributed by atoms with Crippen LogP contribution in [0, 0.1) is 5.92 Å². The highest BCUT2D eigenvalue weighted by Crippen LogP contribution is 2.27. The van der Waals surface area contributed by atoms with Gasteiger partial charge in [0.2, 0.25) is 15.9 Å². The number of carbonyl (C=O) groups is 1. The number of hydrogen-bond acceptors (Lipinski definition) is 4. The number of carbonyl (C=O) groups excluding carboxylic acids is 1. The minimum absolute atomic E-state index is 0.0642. The van der Waals surface area contributed by atoms with Crippen LogP contribution in [0.1, 0.15) is 51.0 Å². The van der Waals surface area contributed by atoms with Crippen molar-refractivity contribution in [1.82, 2.24) is 14.1 Å². The molecule has 2 heterocycles. The first-order valence-electron chi connectivity index (χ1n) is 10.8. The fourth-order valence-electron chi connectivity index (χ4n) is 4.35. The maximum absolute atomic E-state index is 13.0. The van der Waals surface area contributed by atoms with E-state index < -0.39 is 10.0 Å². The summed E-state index contributed by atoms with van der Waals surface area (Å²) in [4.78, 5) is 17.5. The minimum atomic E-state index is -3.50. The Kier molecular flexibility index (Phi) is 7.02. The Labute approximate surface area is 175 Å². The molecule has 1 unspecified atom stereocenters. The smallest absolute Gasteiger partial charge is 0.243 e. The fraction of sp³-hybridized carbons (Fsp3) is 0.682. The van der Waals surface area contributed by atoms with E-state index in [-0.39, 0.29) is 11.8 Å². The highest BCUT2D eigenvalue weighted by atomic mass is 32.2. The number of nitrogens with zero attached hydrogens (tertiary/aromatic N) is 3. The van der Waals surface area contributed by atoms with Gasteiger partial charge in [0.1, 0.15) is 0 Å². The zero-order valence-electron chi connectivity index (χ0n) is 18.2. The monoisotopic (exact) mass is 421 g/mol. The highest BCUT2D eigenvalue weighted by Gasteiger charge is 2.35. The van der Waals surface area contributed by atoms with E-state index in [1.807, 2.05) is 17.0 Å². The maximum Gasteiger partial charge on any atom is 0.243 e. The van der Waals surface area contributed by atoms with Crippen molar-refractivity contribution in [2.45, 2.75) is 56.4 Å². The molecule has 7 heteroatoms. The molecule has 0 N–H and O–H groups in total. The Bertz CT molecular complexity index is 797. The lowest BCUT2D eigenvalue weighted by molar-refractivity contribution is -0.138. The zero-order chi connectivity index (χ0) is 21.2. The summed E-state index contributed by atoms with van der Waals surface area (Å²) < 4.78 is 27.5. The molecule has 2 saturated heterocycles. The summed E-state index contributed by atoms with van der Waals surface area (Å²) in [6.45, 7) is 6.62. The second-order valence-electron chi connectivity index (χ2n) is 8.95. The van der Waals surface area contributed by atoms with E-state index in [0.717, 1.165) is 31.5 Å². The van der Waals surface area contributed by atoms with Gasteiger partial charge in [0, 0.05) is 38.1 Å². The summed E-state index contributed by atoms with van der Waals surface area (Å²) in [6, 6.07) is 7.62. The van der Waals surface area contributed by atoms with Crippen LogP contribution in [-0.4, -0.2) is 74.7 Å². The fourth-order valence-corrected chi connectivity index (χ4v) is 5.82. The van der Waals surface area contributed by atoms with Crippen LogP contribution in [0.15, 0.2) is 29.2 Å². The number of hydrogen-bond donors (Lipinski definition) is 0. The summed E-state index contributed by atoms with van der Waals surface area (Å²) in [5.41, 5.74) is 1.13. The standard InChI is InChI=1S/C22H35N3O3S/c1-17(2)18-7-9-21(10-8-18)29(27,28)25-14-11-19(12-15-25)22(26)24-13-5-6-20(16-24)23(3)4/h7-10,17,19-20H,5-6,11-16H2,1-4H3. The predicted octanol–water partition coefficient (Wildman–Crippen LogP) is 2.76. The van der Waals surface area contributed by atoms with Gasteiger partial charge in [-0.15, -0.1) is 0 Å². The van der Waals surface area contributed by atoms with E-state index in [4.69, 9.17) is 0 Å². The quantitative estimate of drug-likeness (QED) is 0.734. The van der Waals surface area contributed by atoms with Crippen LogP contribution in [0.4, 0.5) is 0 Å². The van der Waals surface area contributed by atoms with Crippen LogP contribution < -0.4 is 0 Å². The molecule has 0 bridgehead atoms. The molecule has 1 aromatic carbocycles. The number of amides is 1. The first-order valence-corrected chi connectivity index (χ1v) is 12.2. The van der Waals surface area contributed by atoms with Gasteiger partial charge < -0.3 is 9.80 Å².